The second kappa shape index (κ2) is 6.48. The van der Waals surface area contributed by atoms with Crippen LogP contribution in [0, 0.1) is 0 Å². The maximum absolute atomic E-state index is 12.3. The first-order valence-electron chi connectivity index (χ1n) is 7.63. The van der Waals surface area contributed by atoms with Crippen LogP contribution in [0.25, 0.3) is 11.2 Å². The summed E-state index contributed by atoms with van der Waals surface area (Å²) in [5, 5.41) is 4.67. The van der Waals surface area contributed by atoms with Crippen molar-refractivity contribution in [1.29, 1.82) is 0 Å². The van der Waals surface area contributed by atoms with Crippen molar-refractivity contribution in [3.63, 3.8) is 0 Å². The molecule has 0 fully saturated rings. The number of hydrogen-bond acceptors (Lipinski definition) is 6. The number of aromatic amines is 1. The molecule has 9 heteroatoms. The highest BCUT2D eigenvalue weighted by Crippen LogP contribution is 2.11. The van der Waals surface area contributed by atoms with Gasteiger partial charge in [-0.1, -0.05) is 28.9 Å². The van der Waals surface area contributed by atoms with E-state index in [1.165, 1.54) is 17.2 Å². The number of fused-ring (bicyclic) bond motifs is 1. The quantitative estimate of drug-likeness (QED) is 0.586. The number of halogens is 1. The molecule has 0 aliphatic rings. The Bertz CT molecular complexity index is 1070. The van der Waals surface area contributed by atoms with Gasteiger partial charge in [0.15, 0.2) is 17.0 Å². The number of nitrogens with zero attached hydrogens (tertiary/aromatic N) is 5. The smallest absolute Gasteiger partial charge is 0.279 e. The van der Waals surface area contributed by atoms with Crippen molar-refractivity contribution in [1.82, 2.24) is 29.7 Å². The van der Waals surface area contributed by atoms with Gasteiger partial charge in [0, 0.05) is 11.4 Å². The number of nitrogens with one attached hydrogen (secondary N) is 1. The summed E-state index contributed by atoms with van der Waals surface area (Å²) in [6.45, 7) is 0.161. The largest absolute Gasteiger partial charge is 0.339 e. The van der Waals surface area contributed by atoms with E-state index in [2.05, 4.69) is 25.1 Å². The van der Waals surface area contributed by atoms with Crippen molar-refractivity contribution in [3.05, 3.63) is 69.6 Å². The molecule has 0 spiro atoms. The zero-order chi connectivity index (χ0) is 17.2. The Hall–Kier alpha value is -3.00. The number of benzene rings is 1. The van der Waals surface area contributed by atoms with E-state index < -0.39 is 0 Å². The van der Waals surface area contributed by atoms with Crippen molar-refractivity contribution >= 4 is 22.8 Å². The van der Waals surface area contributed by atoms with Crippen molar-refractivity contribution in [3.8, 4) is 0 Å². The average molecular weight is 357 g/mol. The van der Waals surface area contributed by atoms with Crippen molar-refractivity contribution in [2.75, 3.05) is 0 Å². The van der Waals surface area contributed by atoms with E-state index in [-0.39, 0.29) is 12.1 Å². The van der Waals surface area contributed by atoms with E-state index in [1.54, 1.807) is 0 Å². The Morgan fingerprint density at radius 1 is 1.16 bits per heavy atom. The normalized spacial score (nSPS) is 11.2. The highest BCUT2D eigenvalue weighted by Gasteiger charge is 2.11. The lowest BCUT2D eigenvalue weighted by atomic mass is 10.1. The third kappa shape index (κ3) is 3.29. The first kappa shape index (κ1) is 15.5. The van der Waals surface area contributed by atoms with Crippen LogP contribution in [0.2, 0.25) is 5.02 Å². The molecule has 0 saturated heterocycles. The zero-order valence-electron chi connectivity index (χ0n) is 13.0. The van der Waals surface area contributed by atoms with Gasteiger partial charge >= 0.3 is 0 Å². The van der Waals surface area contributed by atoms with Crippen molar-refractivity contribution < 1.29 is 4.52 Å². The predicted molar refractivity (Wildman–Crippen MR) is 90.4 cm³/mol. The van der Waals surface area contributed by atoms with E-state index in [0.717, 1.165) is 12.0 Å². The summed E-state index contributed by atoms with van der Waals surface area (Å²) in [4.78, 5) is 27.5. The second-order valence-electron chi connectivity index (χ2n) is 5.51. The van der Waals surface area contributed by atoms with E-state index >= 15 is 0 Å². The van der Waals surface area contributed by atoms with Crippen LogP contribution in [0.3, 0.4) is 0 Å². The molecule has 0 bridgehead atoms. The van der Waals surface area contributed by atoms with E-state index in [9.17, 15) is 4.79 Å². The molecular formula is C16H13ClN6O2. The molecule has 25 heavy (non-hydrogen) atoms. The molecule has 3 aromatic heterocycles. The fourth-order valence-electron chi connectivity index (χ4n) is 2.48. The van der Waals surface area contributed by atoms with Gasteiger partial charge in [0.1, 0.15) is 12.9 Å². The minimum absolute atomic E-state index is 0.161. The molecule has 4 rings (SSSR count). The SMILES string of the molecule is O=c1c2[nH]cnc2ncn1Cc1nc(CCc2ccc(Cl)cc2)no1. The van der Waals surface area contributed by atoms with Crippen LogP contribution in [0.15, 0.2) is 46.2 Å². The zero-order valence-corrected chi connectivity index (χ0v) is 13.8. The molecule has 0 radical (unpaired) electrons. The van der Waals surface area contributed by atoms with Gasteiger partial charge in [0.2, 0.25) is 5.89 Å². The van der Waals surface area contributed by atoms with Crippen LogP contribution in [0.4, 0.5) is 0 Å². The minimum Gasteiger partial charge on any atom is -0.339 e. The van der Waals surface area contributed by atoms with Crippen molar-refractivity contribution in [2.24, 2.45) is 0 Å². The topological polar surface area (TPSA) is 102 Å². The number of H-pyrrole nitrogens is 1. The molecule has 3 heterocycles. The molecule has 0 amide bonds. The van der Waals surface area contributed by atoms with Crippen molar-refractivity contribution in [2.45, 2.75) is 19.4 Å². The fraction of sp³-hybridized carbons (Fsp3) is 0.188. The van der Waals surface area contributed by atoms with Crippen LogP contribution in [-0.4, -0.2) is 29.7 Å². The lowest BCUT2D eigenvalue weighted by Gasteiger charge is -2.00. The predicted octanol–water partition coefficient (Wildman–Crippen LogP) is 1.99. The lowest BCUT2D eigenvalue weighted by molar-refractivity contribution is 0.364. The molecule has 0 aliphatic heterocycles. The maximum atomic E-state index is 12.3. The molecular weight excluding hydrogens is 344 g/mol. The van der Waals surface area contributed by atoms with Crippen LogP contribution in [0.1, 0.15) is 17.3 Å². The first-order valence-corrected chi connectivity index (χ1v) is 8.01. The average Bonchev–Trinajstić information content (AvgIpc) is 3.26. The number of aromatic nitrogens is 6. The van der Waals surface area contributed by atoms with Gasteiger partial charge in [0.05, 0.1) is 6.33 Å². The number of hydrogen-bond donors (Lipinski definition) is 1. The standard InChI is InChI=1S/C16H13ClN6O2/c17-11-4-1-10(2-5-11)3-6-12-21-13(25-22-12)7-23-9-20-15-14(16(23)24)18-8-19-15/h1-2,4-5,8-9H,3,6-7H2,(H,18,19). The molecule has 8 nitrogen and oxygen atoms in total. The van der Waals surface area contributed by atoms with Crippen LogP contribution in [-0.2, 0) is 19.4 Å². The highest BCUT2D eigenvalue weighted by molar-refractivity contribution is 6.30. The summed E-state index contributed by atoms with van der Waals surface area (Å²) in [6.07, 6.45) is 4.27. The lowest BCUT2D eigenvalue weighted by Crippen LogP contribution is -2.21. The third-order valence-electron chi connectivity index (χ3n) is 3.78. The van der Waals surface area contributed by atoms with Gasteiger partial charge in [0.25, 0.3) is 5.56 Å². The Labute approximate surface area is 146 Å². The molecule has 126 valence electrons. The fourth-order valence-corrected chi connectivity index (χ4v) is 2.61. The monoisotopic (exact) mass is 356 g/mol. The number of rotatable bonds is 5. The van der Waals surface area contributed by atoms with Gasteiger partial charge < -0.3 is 9.51 Å². The highest BCUT2D eigenvalue weighted by atomic mass is 35.5. The summed E-state index contributed by atoms with van der Waals surface area (Å²) in [5.74, 6) is 0.947. The Balaban J connectivity index is 1.46. The van der Waals surface area contributed by atoms with Crippen LogP contribution >= 0.6 is 11.6 Å². The minimum atomic E-state index is -0.233. The molecule has 0 unspecified atom stereocenters. The summed E-state index contributed by atoms with van der Waals surface area (Å²) in [6, 6.07) is 7.63. The number of aryl methyl sites for hydroxylation is 2. The molecule has 1 N–H and O–H groups in total. The number of imidazole rings is 1. The van der Waals surface area contributed by atoms with Gasteiger partial charge in [-0.3, -0.25) is 9.36 Å². The summed E-state index contributed by atoms with van der Waals surface area (Å²) < 4.78 is 6.63. The van der Waals surface area contributed by atoms with Gasteiger partial charge in [-0.05, 0) is 24.1 Å². The van der Waals surface area contributed by atoms with Crippen LogP contribution in [0.5, 0.6) is 0 Å². The Kier molecular flexibility index (Phi) is 4.02. The van der Waals surface area contributed by atoms with E-state index in [0.29, 0.717) is 34.3 Å². The molecule has 0 aliphatic carbocycles. The van der Waals surface area contributed by atoms with Gasteiger partial charge in [-0.15, -0.1) is 0 Å². The molecule has 0 saturated carbocycles. The maximum Gasteiger partial charge on any atom is 0.279 e. The van der Waals surface area contributed by atoms with Crippen LogP contribution < -0.4 is 5.56 Å². The summed E-state index contributed by atoms with van der Waals surface area (Å²) in [5.41, 5.74) is 1.64. The second-order valence-corrected chi connectivity index (χ2v) is 5.95. The van der Waals surface area contributed by atoms with E-state index in [4.69, 9.17) is 16.1 Å². The van der Waals surface area contributed by atoms with Gasteiger partial charge in [-0.25, -0.2) is 9.97 Å². The molecule has 4 aromatic rings. The molecule has 1 aromatic carbocycles. The Morgan fingerprint density at radius 3 is 2.84 bits per heavy atom. The first-order chi connectivity index (χ1) is 12.2. The Morgan fingerprint density at radius 2 is 2.00 bits per heavy atom. The van der Waals surface area contributed by atoms with E-state index in [1.807, 2.05) is 24.3 Å². The van der Waals surface area contributed by atoms with Gasteiger partial charge in [-0.2, -0.15) is 4.98 Å². The summed E-state index contributed by atoms with van der Waals surface area (Å²) in [7, 11) is 0. The molecule has 0 atom stereocenters. The third-order valence-corrected chi connectivity index (χ3v) is 4.03. The summed E-state index contributed by atoms with van der Waals surface area (Å²) >= 11 is 5.87.